The summed E-state index contributed by atoms with van der Waals surface area (Å²) >= 11 is 5.76. The second-order valence-electron chi connectivity index (χ2n) is 3.66. The summed E-state index contributed by atoms with van der Waals surface area (Å²) in [6.07, 6.45) is 0.715. The standard InChI is InChI=1S/C12H14ClNO2/c1-9(15)12(16)14(2)8-7-10-3-5-11(13)6-4-10/h3-6H,7-8H2,1-2H3. The van der Waals surface area contributed by atoms with Gasteiger partial charge < -0.3 is 4.90 Å². The highest BCUT2D eigenvalue weighted by Crippen LogP contribution is 2.10. The first-order chi connectivity index (χ1) is 7.50. The van der Waals surface area contributed by atoms with E-state index in [-0.39, 0.29) is 0 Å². The van der Waals surface area contributed by atoms with E-state index >= 15 is 0 Å². The molecule has 3 nitrogen and oxygen atoms in total. The summed E-state index contributed by atoms with van der Waals surface area (Å²) in [7, 11) is 1.62. The molecule has 86 valence electrons. The fourth-order valence-corrected chi connectivity index (χ4v) is 1.44. The molecule has 0 heterocycles. The van der Waals surface area contributed by atoms with Crippen LogP contribution in [0.1, 0.15) is 12.5 Å². The number of Topliss-reactive ketones (excluding diaryl/α,β-unsaturated/α-hetero) is 1. The molecule has 0 unspecified atom stereocenters. The summed E-state index contributed by atoms with van der Waals surface area (Å²) in [6, 6.07) is 7.44. The van der Waals surface area contributed by atoms with Gasteiger partial charge >= 0.3 is 0 Å². The lowest BCUT2D eigenvalue weighted by Gasteiger charge is -2.15. The molecule has 0 aromatic heterocycles. The first-order valence-corrected chi connectivity index (χ1v) is 5.39. The van der Waals surface area contributed by atoms with Gasteiger partial charge in [-0.25, -0.2) is 0 Å². The van der Waals surface area contributed by atoms with Gasteiger partial charge in [0.2, 0.25) is 5.78 Å². The predicted octanol–water partition coefficient (Wildman–Crippen LogP) is 1.93. The van der Waals surface area contributed by atoms with E-state index in [2.05, 4.69) is 0 Å². The monoisotopic (exact) mass is 239 g/mol. The van der Waals surface area contributed by atoms with Crippen LogP contribution in [0.5, 0.6) is 0 Å². The zero-order valence-electron chi connectivity index (χ0n) is 9.37. The summed E-state index contributed by atoms with van der Waals surface area (Å²) in [4.78, 5) is 23.5. The van der Waals surface area contributed by atoms with E-state index in [4.69, 9.17) is 11.6 Å². The van der Waals surface area contributed by atoms with Crippen molar-refractivity contribution >= 4 is 23.3 Å². The molecule has 0 saturated carbocycles. The van der Waals surface area contributed by atoms with E-state index in [1.165, 1.54) is 11.8 Å². The Morgan fingerprint density at radius 3 is 2.31 bits per heavy atom. The first-order valence-electron chi connectivity index (χ1n) is 5.01. The maximum absolute atomic E-state index is 11.3. The molecule has 0 N–H and O–H groups in total. The van der Waals surface area contributed by atoms with Crippen LogP contribution in [0.3, 0.4) is 0 Å². The number of rotatable bonds is 4. The molecule has 0 bridgehead atoms. The molecular formula is C12H14ClNO2. The molecule has 0 aliphatic carbocycles. The van der Waals surface area contributed by atoms with Crippen molar-refractivity contribution in [3.8, 4) is 0 Å². The number of likely N-dealkylation sites (N-methyl/N-ethyl adjacent to an activating group) is 1. The van der Waals surface area contributed by atoms with Crippen LogP contribution in [-0.2, 0) is 16.0 Å². The van der Waals surface area contributed by atoms with Crippen molar-refractivity contribution in [3.05, 3.63) is 34.9 Å². The summed E-state index contributed by atoms with van der Waals surface area (Å²) in [5, 5.41) is 0.692. The fraction of sp³-hybridized carbons (Fsp3) is 0.333. The topological polar surface area (TPSA) is 37.4 Å². The number of ketones is 1. The van der Waals surface area contributed by atoms with E-state index in [9.17, 15) is 9.59 Å². The van der Waals surface area contributed by atoms with Crippen LogP contribution in [0.4, 0.5) is 0 Å². The lowest BCUT2D eigenvalue weighted by atomic mass is 10.1. The first kappa shape index (κ1) is 12.7. The summed E-state index contributed by atoms with van der Waals surface area (Å²) < 4.78 is 0. The van der Waals surface area contributed by atoms with Gasteiger partial charge in [-0.15, -0.1) is 0 Å². The van der Waals surface area contributed by atoms with Gasteiger partial charge in [0.25, 0.3) is 5.91 Å². The Morgan fingerprint density at radius 1 is 1.25 bits per heavy atom. The molecule has 0 spiro atoms. The van der Waals surface area contributed by atoms with Gasteiger partial charge in [0.1, 0.15) is 0 Å². The lowest BCUT2D eigenvalue weighted by Crippen LogP contribution is -2.33. The van der Waals surface area contributed by atoms with Crippen LogP contribution in [-0.4, -0.2) is 30.2 Å². The number of carbonyl (C=O) groups excluding carboxylic acids is 2. The average Bonchev–Trinajstić information content (AvgIpc) is 2.26. The van der Waals surface area contributed by atoms with E-state index in [1.807, 2.05) is 24.3 Å². The second-order valence-corrected chi connectivity index (χ2v) is 4.10. The van der Waals surface area contributed by atoms with E-state index < -0.39 is 11.7 Å². The smallest absolute Gasteiger partial charge is 0.289 e. The number of carbonyl (C=O) groups is 2. The Labute approximate surface area is 100 Å². The van der Waals surface area contributed by atoms with Gasteiger partial charge in [-0.05, 0) is 24.1 Å². The fourth-order valence-electron chi connectivity index (χ4n) is 1.32. The third kappa shape index (κ3) is 3.66. The highest BCUT2D eigenvalue weighted by Gasteiger charge is 2.12. The number of hydrogen-bond acceptors (Lipinski definition) is 2. The largest absolute Gasteiger partial charge is 0.339 e. The number of amides is 1. The SMILES string of the molecule is CC(=O)C(=O)N(C)CCc1ccc(Cl)cc1. The quantitative estimate of drug-likeness (QED) is 0.753. The molecule has 1 aromatic rings. The third-order valence-electron chi connectivity index (χ3n) is 2.30. The third-order valence-corrected chi connectivity index (χ3v) is 2.55. The van der Waals surface area contributed by atoms with Crippen LogP contribution in [0.25, 0.3) is 0 Å². The second kappa shape index (κ2) is 5.66. The zero-order chi connectivity index (χ0) is 12.1. The molecular weight excluding hydrogens is 226 g/mol. The Hall–Kier alpha value is -1.35. The van der Waals surface area contributed by atoms with Gasteiger partial charge in [0.05, 0.1) is 0 Å². The molecule has 0 atom stereocenters. The Morgan fingerprint density at radius 2 is 1.81 bits per heavy atom. The molecule has 1 rings (SSSR count). The normalized spacial score (nSPS) is 9.94. The van der Waals surface area contributed by atoms with Crippen molar-refractivity contribution < 1.29 is 9.59 Å². The van der Waals surface area contributed by atoms with Crippen LogP contribution in [0.2, 0.25) is 5.02 Å². The number of benzene rings is 1. The molecule has 0 aliphatic heterocycles. The molecule has 0 aliphatic rings. The van der Waals surface area contributed by atoms with Crippen LogP contribution < -0.4 is 0 Å². The molecule has 0 saturated heterocycles. The summed E-state index contributed by atoms with van der Waals surface area (Å²) in [6.45, 7) is 1.81. The lowest BCUT2D eigenvalue weighted by molar-refractivity contribution is -0.142. The Kier molecular flexibility index (Phi) is 4.50. The van der Waals surface area contributed by atoms with Crippen molar-refractivity contribution in [1.29, 1.82) is 0 Å². The van der Waals surface area contributed by atoms with Crippen molar-refractivity contribution in [2.75, 3.05) is 13.6 Å². The molecule has 16 heavy (non-hydrogen) atoms. The maximum Gasteiger partial charge on any atom is 0.289 e. The van der Waals surface area contributed by atoms with Crippen molar-refractivity contribution in [2.45, 2.75) is 13.3 Å². The minimum atomic E-state index is -0.450. The van der Waals surface area contributed by atoms with Crippen LogP contribution in [0, 0.1) is 0 Å². The minimum absolute atomic E-state index is 0.432. The van der Waals surface area contributed by atoms with E-state index in [0.717, 1.165) is 5.56 Å². The molecule has 1 aromatic carbocycles. The number of nitrogens with zero attached hydrogens (tertiary/aromatic N) is 1. The summed E-state index contributed by atoms with van der Waals surface area (Å²) in [5.41, 5.74) is 1.09. The van der Waals surface area contributed by atoms with Gasteiger partial charge in [0.15, 0.2) is 0 Å². The minimum Gasteiger partial charge on any atom is -0.339 e. The molecule has 0 radical (unpaired) electrons. The van der Waals surface area contributed by atoms with Crippen molar-refractivity contribution in [1.82, 2.24) is 4.90 Å². The highest BCUT2D eigenvalue weighted by molar-refractivity contribution is 6.35. The van der Waals surface area contributed by atoms with Crippen molar-refractivity contribution in [2.24, 2.45) is 0 Å². The zero-order valence-corrected chi connectivity index (χ0v) is 10.1. The number of halogens is 1. The van der Waals surface area contributed by atoms with Crippen LogP contribution in [0.15, 0.2) is 24.3 Å². The average molecular weight is 240 g/mol. The summed E-state index contributed by atoms with van der Waals surface area (Å²) in [5.74, 6) is -0.882. The molecule has 0 fully saturated rings. The van der Waals surface area contributed by atoms with Gasteiger partial charge in [-0.2, -0.15) is 0 Å². The Balaban J connectivity index is 2.48. The van der Waals surface area contributed by atoms with E-state index in [0.29, 0.717) is 18.0 Å². The Bertz CT molecular complexity index is 387. The van der Waals surface area contributed by atoms with Gasteiger partial charge in [0, 0.05) is 25.5 Å². The van der Waals surface area contributed by atoms with Crippen molar-refractivity contribution in [3.63, 3.8) is 0 Å². The number of hydrogen-bond donors (Lipinski definition) is 0. The van der Waals surface area contributed by atoms with E-state index in [1.54, 1.807) is 7.05 Å². The van der Waals surface area contributed by atoms with Crippen LogP contribution >= 0.6 is 11.6 Å². The highest BCUT2D eigenvalue weighted by atomic mass is 35.5. The maximum atomic E-state index is 11.3. The molecule has 4 heteroatoms. The van der Waals surface area contributed by atoms with Gasteiger partial charge in [-0.1, -0.05) is 23.7 Å². The molecule has 1 amide bonds. The predicted molar refractivity (Wildman–Crippen MR) is 63.5 cm³/mol. The van der Waals surface area contributed by atoms with Gasteiger partial charge in [-0.3, -0.25) is 9.59 Å².